The van der Waals surface area contributed by atoms with Crippen molar-refractivity contribution in [3.63, 3.8) is 0 Å². The summed E-state index contributed by atoms with van der Waals surface area (Å²) in [4.78, 5) is 36.7. The number of nitrogens with one attached hydrogen (secondary N) is 1. The molecule has 2 amide bonds. The van der Waals surface area contributed by atoms with Crippen LogP contribution in [0.3, 0.4) is 0 Å². The largest absolute Gasteiger partial charge is 0.343 e. The van der Waals surface area contributed by atoms with Gasteiger partial charge in [0.2, 0.25) is 18.1 Å². The Hall–Kier alpha value is -1.47. The molecule has 0 spiro atoms. The number of rotatable bonds is 8. The maximum Gasteiger partial charge on any atom is 0.245 e. The lowest BCUT2D eigenvalue weighted by atomic mass is 10.1. The summed E-state index contributed by atoms with van der Waals surface area (Å²) in [7, 11) is 0. The highest BCUT2D eigenvalue weighted by Crippen LogP contribution is 2.18. The third kappa shape index (κ3) is 5.09. The summed E-state index contributed by atoms with van der Waals surface area (Å²) in [6.45, 7) is 2.63. The van der Waals surface area contributed by atoms with Gasteiger partial charge in [-0.15, -0.1) is 0 Å². The number of carbonyl (C=O) groups is 2. The predicted molar refractivity (Wildman–Crippen MR) is 78.9 cm³/mol. The SMILES string of the molecule is C[C@@H](N)C(=O)N[C@@H](CCCCN)C(=O)N1CCC[C@H]1[C]=O. The summed E-state index contributed by atoms with van der Waals surface area (Å²) in [5.41, 5.74) is 11.0. The van der Waals surface area contributed by atoms with Crippen LogP contribution in [0, 0.1) is 0 Å². The second kappa shape index (κ2) is 8.74. The van der Waals surface area contributed by atoms with Crippen molar-refractivity contribution in [3.05, 3.63) is 0 Å². The van der Waals surface area contributed by atoms with E-state index in [2.05, 4.69) is 5.32 Å². The smallest absolute Gasteiger partial charge is 0.245 e. The van der Waals surface area contributed by atoms with Crippen LogP contribution in [-0.2, 0) is 14.4 Å². The second-order valence-corrected chi connectivity index (χ2v) is 5.44. The number of unbranched alkanes of at least 4 members (excludes halogenated alkanes) is 1. The quantitative estimate of drug-likeness (QED) is 0.499. The highest BCUT2D eigenvalue weighted by atomic mass is 16.2. The number of hydrogen-bond acceptors (Lipinski definition) is 5. The first-order chi connectivity index (χ1) is 10.0. The molecule has 0 aromatic rings. The third-order valence-electron chi connectivity index (χ3n) is 3.65. The summed E-state index contributed by atoms with van der Waals surface area (Å²) < 4.78 is 0. The molecule has 1 aliphatic rings. The molecule has 119 valence electrons. The van der Waals surface area contributed by atoms with Crippen molar-refractivity contribution in [1.29, 1.82) is 0 Å². The number of carbonyl (C=O) groups excluding carboxylic acids is 3. The van der Waals surface area contributed by atoms with Gasteiger partial charge in [0.25, 0.3) is 0 Å². The topological polar surface area (TPSA) is 119 Å². The Morgan fingerprint density at radius 1 is 1.43 bits per heavy atom. The minimum atomic E-state index is -0.679. The monoisotopic (exact) mass is 297 g/mol. The molecular weight excluding hydrogens is 272 g/mol. The molecule has 7 nitrogen and oxygen atoms in total. The van der Waals surface area contributed by atoms with Crippen molar-refractivity contribution in [3.8, 4) is 0 Å². The van der Waals surface area contributed by atoms with Gasteiger partial charge in [0.1, 0.15) is 6.04 Å². The fraction of sp³-hybridized carbons (Fsp3) is 0.786. The highest BCUT2D eigenvalue weighted by molar-refractivity contribution is 5.90. The molecule has 5 N–H and O–H groups in total. The van der Waals surface area contributed by atoms with Crippen LogP contribution in [0.25, 0.3) is 0 Å². The van der Waals surface area contributed by atoms with Crippen LogP contribution >= 0.6 is 0 Å². The fourth-order valence-electron chi connectivity index (χ4n) is 2.41. The van der Waals surface area contributed by atoms with Crippen LogP contribution in [0.15, 0.2) is 0 Å². The van der Waals surface area contributed by atoms with Gasteiger partial charge in [0, 0.05) is 6.54 Å². The van der Waals surface area contributed by atoms with Gasteiger partial charge < -0.3 is 21.7 Å². The van der Waals surface area contributed by atoms with Crippen LogP contribution < -0.4 is 16.8 Å². The highest BCUT2D eigenvalue weighted by Gasteiger charge is 2.34. The number of nitrogens with two attached hydrogens (primary N) is 2. The Morgan fingerprint density at radius 3 is 2.71 bits per heavy atom. The molecule has 1 rings (SSSR count). The number of likely N-dealkylation sites (tertiary alicyclic amines) is 1. The Balaban J connectivity index is 2.71. The van der Waals surface area contributed by atoms with Crippen LogP contribution in [0.4, 0.5) is 0 Å². The van der Waals surface area contributed by atoms with Crippen LogP contribution in [-0.4, -0.2) is 54.2 Å². The molecule has 1 radical (unpaired) electrons. The molecule has 0 bridgehead atoms. The van der Waals surface area contributed by atoms with Crippen molar-refractivity contribution >= 4 is 18.1 Å². The lowest BCUT2D eigenvalue weighted by molar-refractivity contribution is -0.136. The number of hydrogen-bond donors (Lipinski definition) is 3. The average molecular weight is 297 g/mol. The van der Waals surface area contributed by atoms with E-state index in [4.69, 9.17) is 11.5 Å². The lowest BCUT2D eigenvalue weighted by Gasteiger charge is -2.27. The lowest BCUT2D eigenvalue weighted by Crippen LogP contribution is -2.53. The van der Waals surface area contributed by atoms with E-state index in [-0.39, 0.29) is 11.8 Å². The zero-order chi connectivity index (χ0) is 15.8. The Labute approximate surface area is 125 Å². The van der Waals surface area contributed by atoms with E-state index in [0.717, 1.165) is 19.3 Å². The molecule has 0 aliphatic carbocycles. The van der Waals surface area contributed by atoms with E-state index in [1.165, 1.54) is 4.90 Å². The van der Waals surface area contributed by atoms with E-state index in [1.807, 2.05) is 6.29 Å². The standard InChI is InChI=1S/C14H25N4O3/c1-10(16)13(20)17-12(6-2-3-7-15)14(21)18-8-4-5-11(18)9-19/h10-12H,2-8,15-16H2,1H3,(H,17,20)/t10-,11+,12+/m1/s1. The molecule has 1 heterocycles. The second-order valence-electron chi connectivity index (χ2n) is 5.44. The zero-order valence-corrected chi connectivity index (χ0v) is 12.5. The van der Waals surface area contributed by atoms with Crippen molar-refractivity contribution < 1.29 is 14.4 Å². The van der Waals surface area contributed by atoms with E-state index in [9.17, 15) is 14.4 Å². The first kappa shape index (κ1) is 17.6. The van der Waals surface area contributed by atoms with Crippen molar-refractivity contribution in [1.82, 2.24) is 10.2 Å². The van der Waals surface area contributed by atoms with Crippen LogP contribution in [0.5, 0.6) is 0 Å². The Kier molecular flexibility index (Phi) is 7.31. The molecular formula is C14H25N4O3. The molecule has 1 fully saturated rings. The predicted octanol–water partition coefficient (Wildman–Crippen LogP) is -0.952. The fourth-order valence-corrected chi connectivity index (χ4v) is 2.41. The van der Waals surface area contributed by atoms with Gasteiger partial charge in [0.15, 0.2) is 0 Å². The summed E-state index contributed by atoms with van der Waals surface area (Å²) in [5.74, 6) is -0.598. The van der Waals surface area contributed by atoms with Crippen molar-refractivity contribution in [2.75, 3.05) is 13.1 Å². The van der Waals surface area contributed by atoms with E-state index in [1.54, 1.807) is 6.92 Å². The van der Waals surface area contributed by atoms with Gasteiger partial charge in [-0.25, -0.2) is 0 Å². The van der Waals surface area contributed by atoms with E-state index in [0.29, 0.717) is 25.9 Å². The van der Waals surface area contributed by atoms with E-state index >= 15 is 0 Å². The Bertz CT molecular complexity index is 373. The molecule has 7 heteroatoms. The van der Waals surface area contributed by atoms with Crippen molar-refractivity contribution in [2.45, 2.75) is 57.2 Å². The molecule has 0 aromatic carbocycles. The van der Waals surface area contributed by atoms with Crippen molar-refractivity contribution in [2.24, 2.45) is 11.5 Å². The van der Waals surface area contributed by atoms with Crippen LogP contribution in [0.2, 0.25) is 0 Å². The van der Waals surface area contributed by atoms with Gasteiger partial charge in [-0.1, -0.05) is 0 Å². The van der Waals surface area contributed by atoms with Gasteiger partial charge in [-0.3, -0.25) is 14.4 Å². The van der Waals surface area contributed by atoms with Gasteiger partial charge in [-0.2, -0.15) is 0 Å². The van der Waals surface area contributed by atoms with Crippen LogP contribution in [0.1, 0.15) is 39.0 Å². The zero-order valence-electron chi connectivity index (χ0n) is 12.5. The Morgan fingerprint density at radius 2 is 2.14 bits per heavy atom. The number of amides is 2. The molecule has 21 heavy (non-hydrogen) atoms. The average Bonchev–Trinajstić information content (AvgIpc) is 2.93. The molecule has 0 unspecified atom stereocenters. The molecule has 0 aromatic heterocycles. The number of nitrogens with zero attached hydrogens (tertiary/aromatic N) is 1. The first-order valence-electron chi connectivity index (χ1n) is 7.45. The van der Waals surface area contributed by atoms with E-state index < -0.39 is 18.1 Å². The molecule has 1 aliphatic heterocycles. The minimum Gasteiger partial charge on any atom is -0.343 e. The maximum absolute atomic E-state index is 12.5. The normalized spacial score (nSPS) is 20.9. The van der Waals surface area contributed by atoms with Gasteiger partial charge in [-0.05, 0) is 45.6 Å². The molecule has 1 saturated heterocycles. The summed E-state index contributed by atoms with van der Waals surface area (Å²) in [6.07, 6.45) is 5.31. The molecule has 0 saturated carbocycles. The van der Waals surface area contributed by atoms with Gasteiger partial charge in [0.05, 0.1) is 12.1 Å². The summed E-state index contributed by atoms with van der Waals surface area (Å²) >= 11 is 0. The minimum absolute atomic E-state index is 0.230. The molecule has 3 atom stereocenters. The maximum atomic E-state index is 12.5. The third-order valence-corrected chi connectivity index (χ3v) is 3.65. The summed E-state index contributed by atoms with van der Waals surface area (Å²) in [6, 6.07) is -1.83. The first-order valence-corrected chi connectivity index (χ1v) is 7.45. The summed E-state index contributed by atoms with van der Waals surface area (Å²) in [5, 5.41) is 2.67. The van der Waals surface area contributed by atoms with Gasteiger partial charge >= 0.3 is 0 Å².